The molecule has 77 heavy (non-hydrogen) atoms. The van der Waals surface area contributed by atoms with Gasteiger partial charge < -0.3 is 51.6 Å². The van der Waals surface area contributed by atoms with Crippen molar-refractivity contribution in [2.24, 2.45) is 17.2 Å². The van der Waals surface area contributed by atoms with Gasteiger partial charge in [0.2, 0.25) is 11.8 Å². The van der Waals surface area contributed by atoms with Crippen LogP contribution in [-0.4, -0.2) is 66.3 Å². The van der Waals surface area contributed by atoms with Crippen LogP contribution in [0.15, 0.2) is 146 Å². The predicted octanol–water partition coefficient (Wildman–Crippen LogP) is 5.95. The Labute approximate surface area is 461 Å². The van der Waals surface area contributed by atoms with Gasteiger partial charge in [-0.2, -0.15) is 0 Å². The SMILES string of the molecule is CCCc1cccn2c(Cc3ccccc3)c(C)c(C(=O)C(N)=O)c12.CCNc1cccn2c(Cc3ccccc3)c(C)c(CC(N)=O)c12.Cc1c(CC(N)=O)c2c(NCC(=O)O)cccn2c1Cc1ccccc1.[Li+].[OH-]. The first-order valence-corrected chi connectivity index (χ1v) is 25.2. The largest absolute Gasteiger partial charge is 1.00 e. The molecule has 0 radical (unpaired) electrons. The number of carboxylic acids is 1. The van der Waals surface area contributed by atoms with Gasteiger partial charge in [-0.25, -0.2) is 0 Å². The van der Waals surface area contributed by atoms with Crippen LogP contribution in [-0.2, 0) is 57.7 Å². The van der Waals surface area contributed by atoms with E-state index in [9.17, 15) is 24.0 Å². The molecule has 0 spiro atoms. The van der Waals surface area contributed by atoms with Gasteiger partial charge in [0.25, 0.3) is 11.7 Å². The van der Waals surface area contributed by atoms with Crippen LogP contribution in [0.1, 0.15) is 97.8 Å². The third kappa shape index (κ3) is 13.9. The number of aryl methyl sites for hydroxylation is 1. The smallest absolute Gasteiger partial charge is 0.870 e. The Bertz CT molecular complexity index is 3510. The van der Waals surface area contributed by atoms with Crippen molar-refractivity contribution in [1.82, 2.24) is 13.2 Å². The van der Waals surface area contributed by atoms with Gasteiger partial charge in [-0.15, -0.1) is 0 Å². The number of nitrogens with two attached hydrogens (primary N) is 3. The second kappa shape index (κ2) is 27.4. The van der Waals surface area contributed by atoms with Gasteiger partial charge in [0.15, 0.2) is 0 Å². The fourth-order valence-electron chi connectivity index (χ4n) is 10.0. The van der Waals surface area contributed by atoms with E-state index in [1.54, 1.807) is 0 Å². The summed E-state index contributed by atoms with van der Waals surface area (Å²) in [6, 6.07) is 42.3. The number of carbonyl (C=O) groups is 5. The van der Waals surface area contributed by atoms with Crippen molar-refractivity contribution >= 4 is 57.4 Å². The molecule has 3 aromatic carbocycles. The number of nitrogens with one attached hydrogen (secondary N) is 2. The van der Waals surface area contributed by atoms with Gasteiger partial charge in [-0.3, -0.25) is 24.0 Å². The van der Waals surface area contributed by atoms with E-state index in [4.69, 9.17) is 22.3 Å². The number of aromatic nitrogens is 3. The van der Waals surface area contributed by atoms with E-state index in [-0.39, 0.29) is 49.6 Å². The van der Waals surface area contributed by atoms with Crippen LogP contribution < -0.4 is 46.7 Å². The zero-order valence-electron chi connectivity index (χ0n) is 44.7. The number of fused-ring (bicyclic) bond motifs is 3. The number of benzene rings is 3. The number of Topliss-reactive ketones (excluding diaryl/α,β-unsaturated/α-hetero) is 1. The van der Waals surface area contributed by atoms with Crippen LogP contribution in [0, 0.1) is 20.8 Å². The Morgan fingerprint density at radius 1 is 0.519 bits per heavy atom. The summed E-state index contributed by atoms with van der Waals surface area (Å²) in [6.45, 7) is 10.8. The van der Waals surface area contributed by atoms with Crippen molar-refractivity contribution in [3.63, 3.8) is 0 Å². The molecule has 0 bridgehead atoms. The van der Waals surface area contributed by atoms with Gasteiger partial charge in [-0.05, 0) is 115 Å². The van der Waals surface area contributed by atoms with Crippen LogP contribution in [0.4, 0.5) is 11.4 Å². The topological polar surface area (TPSA) is 251 Å². The van der Waals surface area contributed by atoms with Crippen molar-refractivity contribution in [2.75, 3.05) is 23.7 Å². The third-order valence-corrected chi connectivity index (χ3v) is 13.4. The zero-order chi connectivity index (χ0) is 53.8. The molecule has 0 aliphatic heterocycles. The van der Waals surface area contributed by atoms with Gasteiger partial charge in [0.1, 0.15) is 6.54 Å². The fourth-order valence-corrected chi connectivity index (χ4v) is 10.0. The average Bonchev–Trinajstić information content (AvgIpc) is 3.97. The number of ketones is 1. The molecule has 0 aliphatic rings. The molecule has 6 heterocycles. The molecular formula is C61H67LiN8O7. The molecule has 15 nitrogen and oxygen atoms in total. The summed E-state index contributed by atoms with van der Waals surface area (Å²) >= 11 is 0. The molecular weight excluding hydrogens is 964 g/mol. The van der Waals surface area contributed by atoms with Gasteiger partial charge in [0, 0.05) is 61.5 Å². The first-order valence-electron chi connectivity index (χ1n) is 25.2. The van der Waals surface area contributed by atoms with E-state index in [0.717, 1.165) is 104 Å². The number of hydrogen-bond acceptors (Lipinski definition) is 8. The predicted molar refractivity (Wildman–Crippen MR) is 300 cm³/mol. The molecule has 6 aromatic heterocycles. The van der Waals surface area contributed by atoms with E-state index in [0.29, 0.717) is 24.1 Å². The van der Waals surface area contributed by atoms with Crippen molar-refractivity contribution < 1.29 is 53.4 Å². The minimum Gasteiger partial charge on any atom is -0.870 e. The van der Waals surface area contributed by atoms with E-state index < -0.39 is 23.6 Å². The number of carboxylic acid groups (broad SMARTS) is 1. The van der Waals surface area contributed by atoms with Crippen LogP contribution in [0.25, 0.3) is 16.6 Å². The summed E-state index contributed by atoms with van der Waals surface area (Å²) in [4.78, 5) is 58.3. The molecule has 10 N–H and O–H groups in total. The van der Waals surface area contributed by atoms with Crippen LogP contribution in [0.2, 0.25) is 0 Å². The Balaban J connectivity index is 0.000000210. The van der Waals surface area contributed by atoms with Gasteiger partial charge in [0.05, 0.1) is 46.3 Å². The second-order valence-corrected chi connectivity index (χ2v) is 18.6. The minimum atomic E-state index is -0.948. The molecule has 3 amide bonds. The Hall–Kier alpha value is -8.35. The monoisotopic (exact) mass is 1030 g/mol. The van der Waals surface area contributed by atoms with Gasteiger partial charge in [-0.1, -0.05) is 110 Å². The number of carbonyl (C=O) groups excluding carboxylic acids is 4. The Kier molecular flexibility index (Phi) is 21.2. The summed E-state index contributed by atoms with van der Waals surface area (Å²) in [6.07, 6.45) is 10.3. The number of hydrogen-bond donors (Lipinski definition) is 6. The summed E-state index contributed by atoms with van der Waals surface area (Å²) in [7, 11) is 0. The molecule has 0 unspecified atom stereocenters. The molecule has 0 aliphatic carbocycles. The zero-order valence-corrected chi connectivity index (χ0v) is 44.7. The van der Waals surface area contributed by atoms with Gasteiger partial charge >= 0.3 is 24.8 Å². The summed E-state index contributed by atoms with van der Waals surface area (Å²) in [5.41, 5.74) is 33.8. The number of nitrogens with zero attached hydrogens (tertiary/aromatic N) is 3. The molecule has 0 saturated carbocycles. The van der Waals surface area contributed by atoms with Crippen molar-refractivity contribution in [1.29, 1.82) is 0 Å². The molecule has 0 fully saturated rings. The first kappa shape index (κ1) is 59.5. The summed E-state index contributed by atoms with van der Waals surface area (Å²) in [5, 5.41) is 15.3. The summed E-state index contributed by atoms with van der Waals surface area (Å²) in [5.74, 6) is -3.19. The van der Waals surface area contributed by atoms with E-state index >= 15 is 0 Å². The van der Waals surface area contributed by atoms with E-state index in [1.807, 2.05) is 108 Å². The van der Waals surface area contributed by atoms with Crippen LogP contribution >= 0.6 is 0 Å². The molecule has 9 aromatic rings. The number of amides is 3. The van der Waals surface area contributed by atoms with Crippen molar-refractivity contribution in [3.8, 4) is 0 Å². The van der Waals surface area contributed by atoms with E-state index in [1.165, 1.54) is 11.3 Å². The van der Waals surface area contributed by atoms with Crippen molar-refractivity contribution in [3.05, 3.63) is 219 Å². The normalized spacial score (nSPS) is 10.6. The molecule has 0 saturated heterocycles. The second-order valence-electron chi connectivity index (χ2n) is 18.6. The van der Waals surface area contributed by atoms with Crippen LogP contribution in [0.5, 0.6) is 0 Å². The molecule has 16 heteroatoms. The Morgan fingerprint density at radius 3 is 1.29 bits per heavy atom. The van der Waals surface area contributed by atoms with E-state index in [2.05, 4.69) is 96.6 Å². The van der Waals surface area contributed by atoms with Crippen molar-refractivity contribution in [2.45, 2.75) is 79.6 Å². The maximum atomic E-state index is 12.5. The quantitative estimate of drug-likeness (QED) is 0.0318. The van der Waals surface area contributed by atoms with Crippen LogP contribution in [0.3, 0.4) is 0 Å². The third-order valence-electron chi connectivity index (χ3n) is 13.4. The minimum absolute atomic E-state index is 0. The Morgan fingerprint density at radius 2 is 0.909 bits per heavy atom. The molecule has 0 atom stereocenters. The standard InChI is InChI=1S/C21H22N2O2.C20H21N3O3.C20H23N3O.Li.H2O/c1-3-8-16-11-7-12-23-17(13-15-9-5-4-6-10-15)14(2)18(19(16)23)20(24)21(22)25;1-13-15(11-18(21)24)20-16(22-12-19(25)26)8-5-9-23(20)17(13)10-14-6-3-2-4-7-14;1-3-22-17-10-7-11-23-18(12-15-8-5-4-6-9-15)14(2)16(20(17)23)13-19(21)24;;/h4-7,9-12H,3,8,13H2,1-2H3,(H2,22,25);2-9,22H,10-12H2,1H3,(H2,21,24)(H,25,26);4-11,22H,3,12-13H2,1-2H3,(H2,21,24);;1H2/q;;;+1;/p-1. The maximum absolute atomic E-state index is 12.5. The number of anilines is 2. The maximum Gasteiger partial charge on any atom is 1.00 e. The average molecular weight is 1030 g/mol. The number of primary amides is 3. The molecule has 9 rings (SSSR count). The number of aliphatic carboxylic acids is 1. The summed E-state index contributed by atoms with van der Waals surface area (Å²) < 4.78 is 6.26. The fraction of sp³-hybridized carbons (Fsp3) is 0.230. The first-order chi connectivity index (χ1) is 36.1. The number of pyridine rings is 3. The molecule has 394 valence electrons. The number of rotatable bonds is 19.